The summed E-state index contributed by atoms with van der Waals surface area (Å²) in [5, 5.41) is 24.1. The molecule has 0 saturated heterocycles. The quantitative estimate of drug-likeness (QED) is 0.428. The zero-order valence-corrected chi connectivity index (χ0v) is 13.1. The van der Waals surface area contributed by atoms with E-state index in [0.29, 0.717) is 0 Å². The van der Waals surface area contributed by atoms with Crippen molar-refractivity contribution in [2.45, 2.75) is 12.8 Å². The molecule has 0 bridgehead atoms. The first-order valence-electron chi connectivity index (χ1n) is 5.37. The highest BCUT2D eigenvalue weighted by molar-refractivity contribution is 6.55. The van der Waals surface area contributed by atoms with E-state index >= 15 is 0 Å². The molecular weight excluding hydrogens is 337 g/mol. The summed E-state index contributed by atoms with van der Waals surface area (Å²) in [6.45, 7) is 9.44. The van der Waals surface area contributed by atoms with Crippen LogP contribution in [0, 0.1) is 11.3 Å². The number of hydrogen-bond donors (Lipinski definition) is 2. The fourth-order valence-corrected chi connectivity index (χ4v) is 0.514. The Morgan fingerprint density at radius 1 is 1.23 bits per heavy atom. The van der Waals surface area contributed by atoms with E-state index in [9.17, 15) is 14.4 Å². The molecule has 0 radical (unpaired) electrons. The zero-order valence-electron chi connectivity index (χ0n) is 11.6. The van der Waals surface area contributed by atoms with Crippen LogP contribution < -0.4 is 0 Å². The van der Waals surface area contributed by atoms with E-state index in [0.717, 1.165) is 6.08 Å². The minimum Gasteiger partial charge on any atom is -0.481 e. The zero-order chi connectivity index (χ0) is 18.1. The molecular formula is C13H15Cl2NO6. The van der Waals surface area contributed by atoms with Crippen molar-refractivity contribution in [1.29, 1.82) is 5.26 Å². The van der Waals surface area contributed by atoms with Crippen molar-refractivity contribution < 1.29 is 29.3 Å². The lowest BCUT2D eigenvalue weighted by molar-refractivity contribution is -0.139. The molecule has 2 N–H and O–H groups in total. The summed E-state index contributed by atoms with van der Waals surface area (Å²) in [6.07, 6.45) is 0.798. The molecule has 0 aromatic heterocycles. The van der Waals surface area contributed by atoms with Gasteiger partial charge in [-0.25, -0.2) is 9.59 Å². The summed E-state index contributed by atoms with van der Waals surface area (Å²) in [6, 6.07) is 1.84. The number of esters is 1. The number of nitriles is 1. The third-order valence-corrected chi connectivity index (χ3v) is 1.29. The van der Waals surface area contributed by atoms with Crippen LogP contribution in [0.5, 0.6) is 0 Å². The molecule has 0 heterocycles. The first kappa shape index (κ1) is 24.7. The summed E-state index contributed by atoms with van der Waals surface area (Å²) in [5.41, 5.74) is -0.303. The number of aliphatic carboxylic acids is 2. The molecule has 0 spiro atoms. The van der Waals surface area contributed by atoms with Crippen molar-refractivity contribution in [3.63, 3.8) is 0 Å². The second-order valence-electron chi connectivity index (χ2n) is 3.10. The lowest BCUT2D eigenvalue weighted by Gasteiger charge is -1.93. The molecule has 0 aromatic rings. The second kappa shape index (κ2) is 16.8. The van der Waals surface area contributed by atoms with E-state index in [1.54, 1.807) is 0 Å². The number of ether oxygens (including phenoxy) is 1. The number of carbonyl (C=O) groups excluding carboxylic acids is 1. The molecule has 122 valence electrons. The smallest absolute Gasteiger partial charge is 0.331 e. The monoisotopic (exact) mass is 351 g/mol. The number of halogens is 2. The summed E-state index contributed by atoms with van der Waals surface area (Å²) in [5.74, 6) is -2.93. The van der Waals surface area contributed by atoms with Crippen LogP contribution in [0.2, 0.25) is 0 Å². The standard InChI is InChI=1S/C6H7NO2.C5H6O4.C2H2Cl2/c1-2-6(8)9-5-3-4-7;1-3(5(8)9)2-4(6)7;1-2(3)4/h2H,1,3,5H2;1-2H2,(H,6,7)(H,8,9);1H2. The maximum absolute atomic E-state index is 10.2. The lowest BCUT2D eigenvalue weighted by atomic mass is 10.2. The van der Waals surface area contributed by atoms with Gasteiger partial charge in [0, 0.05) is 11.6 Å². The van der Waals surface area contributed by atoms with Crippen molar-refractivity contribution in [3.8, 4) is 6.07 Å². The van der Waals surface area contributed by atoms with Crippen molar-refractivity contribution in [3.05, 3.63) is 35.9 Å². The minimum atomic E-state index is -1.27. The second-order valence-corrected chi connectivity index (χ2v) is 4.20. The molecule has 0 atom stereocenters. The van der Waals surface area contributed by atoms with Crippen molar-refractivity contribution >= 4 is 41.1 Å². The van der Waals surface area contributed by atoms with Gasteiger partial charge in [0.2, 0.25) is 0 Å². The fraction of sp³-hybridized carbons (Fsp3) is 0.231. The molecule has 7 nitrogen and oxygen atoms in total. The predicted molar refractivity (Wildman–Crippen MR) is 81.3 cm³/mol. The summed E-state index contributed by atoms with van der Waals surface area (Å²) in [4.78, 5) is 29.9. The summed E-state index contributed by atoms with van der Waals surface area (Å²) >= 11 is 9.69. The average molecular weight is 352 g/mol. The van der Waals surface area contributed by atoms with Crippen LogP contribution in [0.15, 0.2) is 35.9 Å². The number of carbonyl (C=O) groups is 3. The third kappa shape index (κ3) is 30.6. The fourth-order valence-electron chi connectivity index (χ4n) is 0.514. The van der Waals surface area contributed by atoms with Gasteiger partial charge in [0.15, 0.2) is 0 Å². The summed E-state index contributed by atoms with van der Waals surface area (Å²) in [7, 11) is 0. The van der Waals surface area contributed by atoms with Crippen LogP contribution in [0.1, 0.15) is 12.8 Å². The largest absolute Gasteiger partial charge is 0.481 e. The third-order valence-electron chi connectivity index (χ3n) is 1.29. The van der Waals surface area contributed by atoms with E-state index in [4.69, 9.17) is 38.7 Å². The van der Waals surface area contributed by atoms with Crippen molar-refractivity contribution in [2.75, 3.05) is 6.61 Å². The highest BCUT2D eigenvalue weighted by atomic mass is 35.5. The first-order valence-corrected chi connectivity index (χ1v) is 6.12. The van der Waals surface area contributed by atoms with Crippen LogP contribution in [0.25, 0.3) is 0 Å². The highest BCUT2D eigenvalue weighted by Crippen LogP contribution is 1.98. The predicted octanol–water partition coefficient (Wildman–Crippen LogP) is 2.67. The van der Waals surface area contributed by atoms with E-state index in [-0.39, 0.29) is 23.1 Å². The van der Waals surface area contributed by atoms with Crippen molar-refractivity contribution in [2.24, 2.45) is 0 Å². The topological polar surface area (TPSA) is 125 Å². The molecule has 22 heavy (non-hydrogen) atoms. The van der Waals surface area contributed by atoms with Gasteiger partial charge in [-0.05, 0) is 0 Å². The van der Waals surface area contributed by atoms with Gasteiger partial charge < -0.3 is 14.9 Å². The first-order chi connectivity index (χ1) is 10.1. The Kier molecular flexibility index (Phi) is 18.8. The lowest BCUT2D eigenvalue weighted by Crippen LogP contribution is -2.04. The average Bonchev–Trinajstić information content (AvgIpc) is 2.38. The Morgan fingerprint density at radius 2 is 1.68 bits per heavy atom. The molecule has 0 aliphatic carbocycles. The maximum atomic E-state index is 10.2. The maximum Gasteiger partial charge on any atom is 0.331 e. The van der Waals surface area contributed by atoms with Crippen LogP contribution in [0.4, 0.5) is 0 Å². The Labute approximate surface area is 137 Å². The number of carboxylic acids is 2. The molecule has 9 heteroatoms. The van der Waals surface area contributed by atoms with E-state index in [1.165, 1.54) is 0 Å². The normalized spacial score (nSPS) is 7.68. The Bertz CT molecular complexity index is 464. The molecule has 0 rings (SSSR count). The molecule has 0 amide bonds. The van der Waals surface area contributed by atoms with Gasteiger partial charge in [-0.3, -0.25) is 4.79 Å². The number of hydrogen-bond acceptors (Lipinski definition) is 5. The Balaban J connectivity index is -0.000000266. The molecule has 0 aliphatic rings. The van der Waals surface area contributed by atoms with Gasteiger partial charge in [0.1, 0.15) is 6.61 Å². The van der Waals surface area contributed by atoms with Gasteiger partial charge in [-0.15, -0.1) is 0 Å². The summed E-state index contributed by atoms with van der Waals surface area (Å²) < 4.78 is 4.56. The number of carboxylic acid groups (broad SMARTS) is 2. The van der Waals surface area contributed by atoms with Gasteiger partial charge in [0.25, 0.3) is 0 Å². The van der Waals surface area contributed by atoms with Gasteiger partial charge in [-0.1, -0.05) is 42.9 Å². The van der Waals surface area contributed by atoms with Gasteiger partial charge in [0.05, 0.1) is 23.4 Å². The van der Waals surface area contributed by atoms with E-state index in [1.807, 2.05) is 6.07 Å². The van der Waals surface area contributed by atoms with Crippen LogP contribution in [-0.4, -0.2) is 34.7 Å². The highest BCUT2D eigenvalue weighted by Gasteiger charge is 2.07. The van der Waals surface area contributed by atoms with Crippen LogP contribution in [0.3, 0.4) is 0 Å². The number of nitrogens with zero attached hydrogens (tertiary/aromatic N) is 1. The SMILES string of the molecule is C=C(CC(=O)O)C(=O)O.C=C(Cl)Cl.C=CC(=O)OCCC#N. The van der Waals surface area contributed by atoms with Crippen LogP contribution in [-0.2, 0) is 19.1 Å². The number of rotatable bonds is 6. The molecule has 0 aromatic carbocycles. The molecule has 0 fully saturated rings. The Morgan fingerprint density at radius 3 is 1.91 bits per heavy atom. The van der Waals surface area contributed by atoms with Crippen LogP contribution >= 0.6 is 23.2 Å². The molecule has 0 unspecified atom stereocenters. The van der Waals surface area contributed by atoms with Crippen molar-refractivity contribution in [1.82, 2.24) is 0 Å². The van der Waals surface area contributed by atoms with Gasteiger partial charge >= 0.3 is 17.9 Å². The van der Waals surface area contributed by atoms with E-state index in [2.05, 4.69) is 24.5 Å². The Hall–Kier alpha value is -2.30. The molecule has 0 saturated carbocycles. The minimum absolute atomic E-state index is 0.111. The van der Waals surface area contributed by atoms with E-state index < -0.39 is 24.3 Å². The van der Waals surface area contributed by atoms with Gasteiger partial charge in [-0.2, -0.15) is 5.26 Å². The molecule has 0 aliphatic heterocycles.